The van der Waals surface area contributed by atoms with Crippen molar-refractivity contribution in [2.24, 2.45) is 0 Å². The number of hydrogen-bond acceptors (Lipinski definition) is 11. The lowest BCUT2D eigenvalue weighted by Crippen LogP contribution is -2.54. The van der Waals surface area contributed by atoms with Crippen LogP contribution in [-0.2, 0) is 14.4 Å². The molecule has 0 aliphatic carbocycles. The van der Waals surface area contributed by atoms with Crippen molar-refractivity contribution in [3.63, 3.8) is 0 Å². The second-order valence-corrected chi connectivity index (χ2v) is 4.53. The number of rotatable bonds is 10. The molecule has 0 saturated carbocycles. The lowest BCUT2D eigenvalue weighted by molar-refractivity contribution is -0.339. The van der Waals surface area contributed by atoms with Crippen LogP contribution in [-0.4, -0.2) is 81.4 Å². The molecule has 0 aliphatic heterocycles. The van der Waals surface area contributed by atoms with E-state index in [4.69, 9.17) is 20.4 Å². The van der Waals surface area contributed by atoms with E-state index < -0.39 is 42.6 Å². The molecule has 0 radical (unpaired) electrons. The second-order valence-electron chi connectivity index (χ2n) is 4.53. The minimum absolute atomic E-state index is 0.00486. The maximum Gasteiger partial charge on any atom is 0.114 e. The summed E-state index contributed by atoms with van der Waals surface area (Å²) in [5.74, 6) is -5.98. The van der Waals surface area contributed by atoms with Crippen LogP contribution < -0.4 is 15.3 Å². The molecule has 23 heavy (non-hydrogen) atoms. The summed E-state index contributed by atoms with van der Waals surface area (Å²) in [5, 5.41) is 64.9. The highest BCUT2D eigenvalue weighted by Gasteiger charge is 2.29. The van der Waals surface area contributed by atoms with Crippen molar-refractivity contribution in [1.82, 2.24) is 4.90 Å². The fourth-order valence-electron chi connectivity index (χ4n) is 1.43. The maximum absolute atomic E-state index is 10.1. The number of carbonyl (C=O) groups is 3. The molecule has 4 N–H and O–H groups in total. The number of carboxylic acids is 3. The van der Waals surface area contributed by atoms with E-state index >= 15 is 0 Å². The van der Waals surface area contributed by atoms with E-state index in [1.165, 1.54) is 0 Å². The molecule has 1 unspecified atom stereocenters. The molecule has 0 aromatic carbocycles. The molecular formula is C12H20NO10-3. The highest BCUT2D eigenvalue weighted by atomic mass is 16.4. The smallest absolute Gasteiger partial charge is 0.114 e. The summed E-state index contributed by atoms with van der Waals surface area (Å²) in [6, 6.07) is 0. The van der Waals surface area contributed by atoms with Crippen LogP contribution in [0.4, 0.5) is 0 Å². The van der Waals surface area contributed by atoms with Gasteiger partial charge in [-0.1, -0.05) is 0 Å². The molecule has 0 amide bonds. The van der Waals surface area contributed by atoms with E-state index in [-0.39, 0.29) is 13.2 Å². The Morgan fingerprint density at radius 3 is 1.52 bits per heavy atom. The zero-order chi connectivity index (χ0) is 18.6. The number of nitrogens with zero attached hydrogens (tertiary/aromatic N) is 1. The van der Waals surface area contributed by atoms with Gasteiger partial charge in [0, 0.05) is 37.9 Å². The molecule has 0 heterocycles. The fraction of sp³-hybridized carbons (Fsp3) is 0.750. The number of aliphatic carboxylic acids is 3. The van der Waals surface area contributed by atoms with E-state index in [1.54, 1.807) is 11.8 Å². The molecule has 11 heteroatoms. The Hall–Kier alpha value is -1.79. The first-order chi connectivity index (χ1) is 10.5. The zero-order valence-corrected chi connectivity index (χ0v) is 12.5. The third-order valence-corrected chi connectivity index (χ3v) is 2.56. The van der Waals surface area contributed by atoms with E-state index in [1.807, 2.05) is 0 Å². The molecule has 0 aromatic heterocycles. The van der Waals surface area contributed by atoms with Gasteiger partial charge in [-0.25, -0.2) is 0 Å². The van der Waals surface area contributed by atoms with E-state index in [9.17, 15) is 29.7 Å². The molecule has 136 valence electrons. The van der Waals surface area contributed by atoms with Gasteiger partial charge in [-0.05, 0) is 6.92 Å². The summed E-state index contributed by atoms with van der Waals surface area (Å²) in [7, 11) is 0. The van der Waals surface area contributed by atoms with Crippen LogP contribution in [0.2, 0.25) is 0 Å². The Morgan fingerprint density at radius 2 is 1.35 bits per heavy atom. The average Bonchev–Trinajstić information content (AvgIpc) is 2.36. The van der Waals surface area contributed by atoms with Crippen molar-refractivity contribution in [2.45, 2.75) is 31.6 Å². The van der Waals surface area contributed by atoms with E-state index in [0.717, 1.165) is 0 Å². The van der Waals surface area contributed by atoms with Gasteiger partial charge in [-0.2, -0.15) is 0 Å². The molecule has 0 aromatic rings. The maximum atomic E-state index is 10.1. The van der Waals surface area contributed by atoms with Gasteiger partial charge >= 0.3 is 0 Å². The van der Waals surface area contributed by atoms with Crippen LogP contribution in [0.5, 0.6) is 0 Å². The first kappa shape index (κ1) is 23.5. The van der Waals surface area contributed by atoms with Gasteiger partial charge in [0.2, 0.25) is 0 Å². The molecule has 0 aliphatic rings. The molecule has 0 fully saturated rings. The van der Waals surface area contributed by atoms with Crippen molar-refractivity contribution in [3.8, 4) is 0 Å². The standard InChI is InChI=1S/C6H15NO3.C6H8O7/c1-6(10)7(2-4-8)3-5-9;7-3(8)1-6(13,5(11)12)2-4(9)10/h6,8-10H,2-5H2,1H3;13H,1-2H2,(H,7,8)(H,9,10)(H,11,12)/p-3. The fourth-order valence-corrected chi connectivity index (χ4v) is 1.43. The molecule has 11 nitrogen and oxygen atoms in total. The summed E-state index contributed by atoms with van der Waals surface area (Å²) in [6.45, 7) is 2.41. The van der Waals surface area contributed by atoms with Gasteiger partial charge in [-0.15, -0.1) is 0 Å². The third-order valence-electron chi connectivity index (χ3n) is 2.56. The van der Waals surface area contributed by atoms with Crippen LogP contribution in [0.15, 0.2) is 0 Å². The predicted molar refractivity (Wildman–Crippen MR) is 66.6 cm³/mol. The van der Waals surface area contributed by atoms with E-state index in [0.29, 0.717) is 13.1 Å². The quantitative estimate of drug-likeness (QED) is 0.275. The lowest BCUT2D eigenvalue weighted by Gasteiger charge is -2.29. The summed E-state index contributed by atoms with van der Waals surface area (Å²) in [6.07, 6.45) is -3.31. The van der Waals surface area contributed by atoms with Gasteiger partial charge in [-0.3, -0.25) is 4.90 Å². The van der Waals surface area contributed by atoms with Crippen LogP contribution in [0.3, 0.4) is 0 Å². The predicted octanol–water partition coefficient (Wildman–Crippen LogP) is -6.64. The van der Waals surface area contributed by atoms with Gasteiger partial charge in [0.05, 0.1) is 19.2 Å². The van der Waals surface area contributed by atoms with Gasteiger partial charge in [0.15, 0.2) is 0 Å². The average molecular weight is 338 g/mol. The molecule has 1 atom stereocenters. The normalized spacial score (nSPS) is 12.3. The topological polar surface area (TPSA) is 205 Å². The molecular weight excluding hydrogens is 318 g/mol. The monoisotopic (exact) mass is 338 g/mol. The summed E-state index contributed by atoms with van der Waals surface area (Å²) in [5.41, 5.74) is -2.97. The van der Waals surface area contributed by atoms with Crippen LogP contribution in [0.1, 0.15) is 19.8 Å². The number of hydrogen-bond donors (Lipinski definition) is 4. The number of aliphatic hydroxyl groups excluding tert-OH is 3. The number of carbonyl (C=O) groups excluding carboxylic acids is 3. The minimum atomic E-state index is -2.97. The van der Waals surface area contributed by atoms with E-state index in [2.05, 4.69) is 0 Å². The highest BCUT2D eigenvalue weighted by Crippen LogP contribution is 2.13. The zero-order valence-electron chi connectivity index (χ0n) is 12.5. The Balaban J connectivity index is 0. The SMILES string of the molecule is CC(O)N(CCO)CCO.O=C([O-])CC(O)(CC(=O)[O-])C(=O)[O-]. The number of carboxylic acid groups (broad SMARTS) is 3. The van der Waals surface area contributed by atoms with Gasteiger partial charge in [0.25, 0.3) is 0 Å². The van der Waals surface area contributed by atoms with Crippen molar-refractivity contribution in [3.05, 3.63) is 0 Å². The number of aliphatic hydroxyl groups is 4. The van der Waals surface area contributed by atoms with Crippen LogP contribution in [0, 0.1) is 0 Å². The van der Waals surface area contributed by atoms with Crippen molar-refractivity contribution >= 4 is 17.9 Å². The Labute approximate surface area is 132 Å². The largest absolute Gasteiger partial charge is 0.550 e. The second kappa shape index (κ2) is 11.7. The van der Waals surface area contributed by atoms with Crippen molar-refractivity contribution in [1.29, 1.82) is 0 Å². The Kier molecular flexibility index (Phi) is 12.0. The lowest BCUT2D eigenvalue weighted by atomic mass is 9.96. The first-order valence-electron chi connectivity index (χ1n) is 6.47. The Morgan fingerprint density at radius 1 is 1.00 bits per heavy atom. The molecule has 0 saturated heterocycles. The molecule has 0 spiro atoms. The van der Waals surface area contributed by atoms with Gasteiger partial charge in [0.1, 0.15) is 11.8 Å². The van der Waals surface area contributed by atoms with Crippen molar-refractivity contribution in [2.75, 3.05) is 26.3 Å². The molecule has 0 rings (SSSR count). The summed E-state index contributed by atoms with van der Waals surface area (Å²) < 4.78 is 0. The van der Waals surface area contributed by atoms with Crippen LogP contribution in [0.25, 0.3) is 0 Å². The Bertz CT molecular complexity index is 362. The minimum Gasteiger partial charge on any atom is -0.550 e. The summed E-state index contributed by atoms with van der Waals surface area (Å²) >= 11 is 0. The third kappa shape index (κ3) is 11.4. The highest BCUT2D eigenvalue weighted by molar-refractivity contribution is 5.86. The first-order valence-corrected chi connectivity index (χ1v) is 6.47. The van der Waals surface area contributed by atoms with Gasteiger partial charge < -0.3 is 50.1 Å². The molecule has 0 bridgehead atoms. The van der Waals surface area contributed by atoms with Crippen molar-refractivity contribution < 1.29 is 50.1 Å². The summed E-state index contributed by atoms with van der Waals surface area (Å²) in [4.78, 5) is 31.6. The van der Waals surface area contributed by atoms with Crippen LogP contribution >= 0.6 is 0 Å².